The number of hydrogen-bond acceptors (Lipinski definition) is 3. The summed E-state index contributed by atoms with van der Waals surface area (Å²) in [5.74, 6) is 0.961. The normalized spacial score (nSPS) is 12.3. The zero-order chi connectivity index (χ0) is 14.6. The maximum Gasteiger partial charge on any atom is 0.119 e. The number of nitrogens with one attached hydrogen (secondary N) is 1. The highest BCUT2D eigenvalue weighted by atomic mass is 16.5. The summed E-state index contributed by atoms with van der Waals surface area (Å²) in [4.78, 5) is 0. The SMILES string of the molecule is CCCNCC(CCC)Oc1ccc(CCOC)cc1. The molecule has 1 atom stereocenters. The lowest BCUT2D eigenvalue weighted by Crippen LogP contribution is -2.31. The third-order valence-corrected chi connectivity index (χ3v) is 3.23. The standard InChI is InChI=1S/C17H29NO2/c1-4-6-17(14-18-12-5-2)20-16-9-7-15(8-10-16)11-13-19-3/h7-10,17-18H,4-6,11-14H2,1-3H3. The van der Waals surface area contributed by atoms with Crippen LogP contribution >= 0.6 is 0 Å². The van der Waals surface area contributed by atoms with E-state index < -0.39 is 0 Å². The van der Waals surface area contributed by atoms with Crippen LogP contribution in [0.25, 0.3) is 0 Å². The molecule has 20 heavy (non-hydrogen) atoms. The van der Waals surface area contributed by atoms with Gasteiger partial charge in [-0.3, -0.25) is 0 Å². The molecule has 1 unspecified atom stereocenters. The lowest BCUT2D eigenvalue weighted by molar-refractivity contribution is 0.186. The Labute approximate surface area is 123 Å². The summed E-state index contributed by atoms with van der Waals surface area (Å²) in [7, 11) is 1.73. The van der Waals surface area contributed by atoms with Crippen molar-refractivity contribution in [3.05, 3.63) is 29.8 Å². The van der Waals surface area contributed by atoms with Crippen LogP contribution in [-0.4, -0.2) is 32.9 Å². The first-order valence-corrected chi connectivity index (χ1v) is 7.75. The van der Waals surface area contributed by atoms with Crippen molar-refractivity contribution in [1.29, 1.82) is 0 Å². The van der Waals surface area contributed by atoms with Gasteiger partial charge in [-0.1, -0.05) is 32.4 Å². The molecule has 0 bridgehead atoms. The predicted octanol–water partition coefficient (Wildman–Crippen LogP) is 3.42. The maximum atomic E-state index is 6.07. The summed E-state index contributed by atoms with van der Waals surface area (Å²) in [6.07, 6.45) is 4.60. The Hall–Kier alpha value is -1.06. The van der Waals surface area contributed by atoms with E-state index in [9.17, 15) is 0 Å². The van der Waals surface area contributed by atoms with Gasteiger partial charge in [-0.2, -0.15) is 0 Å². The minimum absolute atomic E-state index is 0.261. The van der Waals surface area contributed by atoms with Crippen molar-refractivity contribution in [3.8, 4) is 5.75 Å². The highest BCUT2D eigenvalue weighted by molar-refractivity contribution is 5.27. The third kappa shape index (κ3) is 6.92. The van der Waals surface area contributed by atoms with Crippen LogP contribution in [0.3, 0.4) is 0 Å². The van der Waals surface area contributed by atoms with Gasteiger partial charge in [0.15, 0.2) is 0 Å². The molecule has 0 aliphatic rings. The van der Waals surface area contributed by atoms with Crippen LogP contribution in [0.15, 0.2) is 24.3 Å². The zero-order valence-electron chi connectivity index (χ0n) is 13.2. The Morgan fingerprint density at radius 2 is 1.85 bits per heavy atom. The van der Waals surface area contributed by atoms with Crippen LogP contribution in [0.2, 0.25) is 0 Å². The van der Waals surface area contributed by atoms with E-state index in [1.807, 2.05) is 0 Å². The van der Waals surface area contributed by atoms with Crippen molar-refractivity contribution in [2.24, 2.45) is 0 Å². The van der Waals surface area contributed by atoms with Gasteiger partial charge in [0, 0.05) is 13.7 Å². The van der Waals surface area contributed by atoms with Crippen molar-refractivity contribution in [2.75, 3.05) is 26.8 Å². The van der Waals surface area contributed by atoms with E-state index >= 15 is 0 Å². The molecule has 0 heterocycles. The van der Waals surface area contributed by atoms with Crippen LogP contribution in [0.4, 0.5) is 0 Å². The van der Waals surface area contributed by atoms with Crippen molar-refractivity contribution in [1.82, 2.24) is 5.32 Å². The Morgan fingerprint density at radius 1 is 1.10 bits per heavy atom. The van der Waals surface area contributed by atoms with Gasteiger partial charge in [0.25, 0.3) is 0 Å². The molecule has 0 saturated heterocycles. The average Bonchev–Trinajstić information content (AvgIpc) is 2.47. The summed E-state index contributed by atoms with van der Waals surface area (Å²) in [5.41, 5.74) is 1.29. The molecule has 0 aliphatic carbocycles. The van der Waals surface area contributed by atoms with Crippen molar-refractivity contribution < 1.29 is 9.47 Å². The van der Waals surface area contributed by atoms with Crippen LogP contribution in [0.5, 0.6) is 5.75 Å². The van der Waals surface area contributed by atoms with Crippen LogP contribution in [0.1, 0.15) is 38.7 Å². The largest absolute Gasteiger partial charge is 0.489 e. The van der Waals surface area contributed by atoms with Crippen molar-refractivity contribution in [3.63, 3.8) is 0 Å². The molecule has 0 saturated carbocycles. The second-order valence-electron chi connectivity index (χ2n) is 5.12. The molecule has 0 amide bonds. The van der Waals surface area contributed by atoms with Gasteiger partial charge in [0.1, 0.15) is 11.9 Å². The van der Waals surface area contributed by atoms with E-state index in [1.54, 1.807) is 7.11 Å². The van der Waals surface area contributed by atoms with Gasteiger partial charge in [0.2, 0.25) is 0 Å². The summed E-state index contributed by atoms with van der Waals surface area (Å²) < 4.78 is 11.2. The molecule has 3 heteroatoms. The van der Waals surface area contributed by atoms with Gasteiger partial charge < -0.3 is 14.8 Å². The molecule has 1 aromatic rings. The molecular formula is C17H29NO2. The third-order valence-electron chi connectivity index (χ3n) is 3.23. The van der Waals surface area contributed by atoms with E-state index in [2.05, 4.69) is 43.4 Å². The molecule has 0 fully saturated rings. The van der Waals surface area contributed by atoms with Gasteiger partial charge in [-0.25, -0.2) is 0 Å². The van der Waals surface area contributed by atoms with Gasteiger partial charge in [-0.15, -0.1) is 0 Å². The second kappa shape index (κ2) is 10.7. The fourth-order valence-electron chi connectivity index (χ4n) is 2.11. The monoisotopic (exact) mass is 279 g/mol. The predicted molar refractivity (Wildman–Crippen MR) is 84.5 cm³/mol. The molecule has 0 spiro atoms. The molecule has 1 rings (SSSR count). The first-order chi connectivity index (χ1) is 9.80. The smallest absolute Gasteiger partial charge is 0.119 e. The lowest BCUT2D eigenvalue weighted by Gasteiger charge is -2.19. The number of rotatable bonds is 11. The fraction of sp³-hybridized carbons (Fsp3) is 0.647. The topological polar surface area (TPSA) is 30.5 Å². The summed E-state index contributed by atoms with van der Waals surface area (Å²) in [6.45, 7) is 7.12. The van der Waals surface area contributed by atoms with Crippen LogP contribution in [0, 0.1) is 0 Å². The summed E-state index contributed by atoms with van der Waals surface area (Å²) in [6, 6.07) is 8.37. The Balaban J connectivity index is 2.45. The maximum absolute atomic E-state index is 6.07. The minimum Gasteiger partial charge on any atom is -0.489 e. The molecule has 0 radical (unpaired) electrons. The Kier molecular flexibility index (Phi) is 9.09. The van der Waals surface area contributed by atoms with Gasteiger partial charge >= 0.3 is 0 Å². The highest BCUT2D eigenvalue weighted by Gasteiger charge is 2.09. The van der Waals surface area contributed by atoms with Gasteiger partial charge in [0.05, 0.1) is 6.61 Å². The van der Waals surface area contributed by atoms with Gasteiger partial charge in [-0.05, 0) is 43.5 Å². The highest BCUT2D eigenvalue weighted by Crippen LogP contribution is 2.16. The van der Waals surface area contributed by atoms with Crippen LogP contribution < -0.4 is 10.1 Å². The van der Waals surface area contributed by atoms with Crippen molar-refractivity contribution >= 4 is 0 Å². The summed E-state index contributed by atoms with van der Waals surface area (Å²) >= 11 is 0. The molecule has 114 valence electrons. The second-order valence-corrected chi connectivity index (χ2v) is 5.12. The molecule has 3 nitrogen and oxygen atoms in total. The molecule has 1 N–H and O–H groups in total. The van der Waals surface area contributed by atoms with E-state index in [0.717, 1.165) is 51.1 Å². The quantitative estimate of drug-likeness (QED) is 0.630. The number of methoxy groups -OCH3 is 1. The minimum atomic E-state index is 0.261. The number of ether oxygens (including phenoxy) is 2. The molecule has 0 aromatic heterocycles. The zero-order valence-corrected chi connectivity index (χ0v) is 13.2. The number of benzene rings is 1. The lowest BCUT2D eigenvalue weighted by atomic mass is 10.1. The van der Waals surface area contributed by atoms with Crippen molar-refractivity contribution in [2.45, 2.75) is 45.6 Å². The first kappa shape index (κ1) is 17.0. The first-order valence-electron chi connectivity index (χ1n) is 7.75. The van der Waals surface area contributed by atoms with E-state index in [4.69, 9.17) is 9.47 Å². The number of hydrogen-bond donors (Lipinski definition) is 1. The molecular weight excluding hydrogens is 250 g/mol. The van der Waals surface area contributed by atoms with E-state index in [-0.39, 0.29) is 6.10 Å². The van der Waals surface area contributed by atoms with E-state index in [0.29, 0.717) is 0 Å². The Bertz CT molecular complexity index is 337. The average molecular weight is 279 g/mol. The Morgan fingerprint density at radius 3 is 2.45 bits per heavy atom. The molecule has 1 aromatic carbocycles. The van der Waals surface area contributed by atoms with Crippen LogP contribution in [-0.2, 0) is 11.2 Å². The fourth-order valence-corrected chi connectivity index (χ4v) is 2.11. The summed E-state index contributed by atoms with van der Waals surface area (Å²) in [5, 5.41) is 3.44. The van der Waals surface area contributed by atoms with E-state index in [1.165, 1.54) is 5.56 Å². The molecule has 0 aliphatic heterocycles.